The molecule has 2 N–H and O–H groups in total. The Hall–Kier alpha value is -0.0400. The molecule has 0 bridgehead atoms. The van der Waals surface area contributed by atoms with E-state index in [2.05, 4.69) is 0 Å². The SMILES string of the molecule is N[C@@]12C3[C@H]1CC[C@@H]3C21CCCC1. The van der Waals surface area contributed by atoms with Gasteiger partial charge in [0.2, 0.25) is 0 Å². The molecule has 66 valence electrons. The molecular formula is C11H17N. The Bertz CT molecular complexity index is 248. The topological polar surface area (TPSA) is 26.0 Å². The monoisotopic (exact) mass is 163 g/mol. The van der Waals surface area contributed by atoms with E-state index < -0.39 is 0 Å². The third kappa shape index (κ3) is 0.363. The van der Waals surface area contributed by atoms with Gasteiger partial charge in [-0.1, -0.05) is 12.8 Å². The highest BCUT2D eigenvalue weighted by Gasteiger charge is 2.87. The summed E-state index contributed by atoms with van der Waals surface area (Å²) in [5.74, 6) is 3.05. The maximum Gasteiger partial charge on any atom is 0.0281 e. The largest absolute Gasteiger partial charge is 0.324 e. The summed E-state index contributed by atoms with van der Waals surface area (Å²) >= 11 is 0. The van der Waals surface area contributed by atoms with Crippen LogP contribution in [0.2, 0.25) is 0 Å². The molecule has 1 nitrogen and oxygen atoms in total. The minimum absolute atomic E-state index is 0.381. The Morgan fingerprint density at radius 3 is 2.25 bits per heavy atom. The van der Waals surface area contributed by atoms with Crippen LogP contribution < -0.4 is 5.73 Å². The van der Waals surface area contributed by atoms with Crippen molar-refractivity contribution in [3.8, 4) is 0 Å². The van der Waals surface area contributed by atoms with Crippen molar-refractivity contribution in [2.24, 2.45) is 28.9 Å². The molecular weight excluding hydrogens is 146 g/mol. The summed E-state index contributed by atoms with van der Waals surface area (Å²) in [6, 6.07) is 0. The number of hydrogen-bond donors (Lipinski definition) is 1. The Balaban J connectivity index is 1.81. The lowest BCUT2D eigenvalue weighted by atomic mass is 9.53. The zero-order valence-electron chi connectivity index (χ0n) is 7.55. The van der Waals surface area contributed by atoms with Gasteiger partial charge in [-0.25, -0.2) is 0 Å². The molecule has 0 aromatic rings. The molecule has 0 aromatic carbocycles. The van der Waals surface area contributed by atoms with E-state index >= 15 is 0 Å². The van der Waals surface area contributed by atoms with Crippen LogP contribution in [0.4, 0.5) is 0 Å². The molecule has 0 aromatic heterocycles. The van der Waals surface area contributed by atoms with Gasteiger partial charge in [0.05, 0.1) is 0 Å². The summed E-state index contributed by atoms with van der Waals surface area (Å²) in [5, 5.41) is 0. The van der Waals surface area contributed by atoms with Crippen LogP contribution in [0.15, 0.2) is 0 Å². The quantitative estimate of drug-likeness (QED) is 0.580. The Kier molecular flexibility index (Phi) is 0.800. The van der Waals surface area contributed by atoms with Gasteiger partial charge in [-0.05, 0) is 48.9 Å². The van der Waals surface area contributed by atoms with E-state index in [-0.39, 0.29) is 0 Å². The smallest absolute Gasteiger partial charge is 0.0281 e. The normalized spacial score (nSPS) is 63.2. The summed E-state index contributed by atoms with van der Waals surface area (Å²) in [4.78, 5) is 0. The molecule has 4 aliphatic carbocycles. The van der Waals surface area contributed by atoms with Crippen LogP contribution in [-0.2, 0) is 0 Å². The van der Waals surface area contributed by atoms with Gasteiger partial charge in [-0.3, -0.25) is 0 Å². The van der Waals surface area contributed by atoms with E-state index in [1.54, 1.807) is 0 Å². The van der Waals surface area contributed by atoms with Crippen LogP contribution in [0.1, 0.15) is 38.5 Å². The lowest BCUT2D eigenvalue weighted by molar-refractivity contribution is -0.0170. The predicted molar refractivity (Wildman–Crippen MR) is 47.5 cm³/mol. The van der Waals surface area contributed by atoms with E-state index in [0.717, 1.165) is 17.8 Å². The Morgan fingerprint density at radius 1 is 1.00 bits per heavy atom. The second-order valence-corrected chi connectivity index (χ2v) is 5.61. The molecule has 4 atom stereocenters. The van der Waals surface area contributed by atoms with Crippen molar-refractivity contribution >= 4 is 0 Å². The molecule has 1 spiro atoms. The fourth-order valence-electron chi connectivity index (χ4n) is 5.44. The van der Waals surface area contributed by atoms with Crippen molar-refractivity contribution in [3.05, 3.63) is 0 Å². The Morgan fingerprint density at radius 2 is 1.67 bits per heavy atom. The highest BCUT2D eigenvalue weighted by Crippen LogP contribution is 2.85. The molecule has 1 heteroatoms. The predicted octanol–water partition coefficient (Wildman–Crippen LogP) is 1.91. The first kappa shape index (κ1) is 6.42. The zero-order valence-corrected chi connectivity index (χ0v) is 7.55. The second kappa shape index (κ2) is 1.50. The number of hydrogen-bond acceptors (Lipinski definition) is 1. The van der Waals surface area contributed by atoms with E-state index in [1.807, 2.05) is 0 Å². The third-order valence-corrected chi connectivity index (χ3v) is 5.78. The van der Waals surface area contributed by atoms with Crippen LogP contribution in [0, 0.1) is 23.2 Å². The van der Waals surface area contributed by atoms with Gasteiger partial charge in [0.15, 0.2) is 0 Å². The standard InChI is InChI=1S/C11H17N/c12-11-8-4-3-7(9(8)11)10(11)5-1-2-6-10/h7-9H,1-6,12H2/t7-,8+,9?,11+/m0/s1. The lowest BCUT2D eigenvalue weighted by Gasteiger charge is -2.54. The van der Waals surface area contributed by atoms with E-state index in [0.29, 0.717) is 11.0 Å². The first-order valence-corrected chi connectivity index (χ1v) is 5.59. The van der Waals surface area contributed by atoms with Gasteiger partial charge in [0.1, 0.15) is 0 Å². The van der Waals surface area contributed by atoms with Crippen molar-refractivity contribution in [2.45, 2.75) is 44.1 Å². The van der Waals surface area contributed by atoms with Gasteiger partial charge in [0.25, 0.3) is 0 Å². The van der Waals surface area contributed by atoms with E-state index in [9.17, 15) is 0 Å². The van der Waals surface area contributed by atoms with Crippen molar-refractivity contribution in [3.63, 3.8) is 0 Å². The molecule has 0 amide bonds. The molecule has 0 radical (unpaired) electrons. The maximum absolute atomic E-state index is 6.52. The van der Waals surface area contributed by atoms with Crippen LogP contribution in [0.5, 0.6) is 0 Å². The van der Waals surface area contributed by atoms with Gasteiger partial charge < -0.3 is 5.73 Å². The summed E-state index contributed by atoms with van der Waals surface area (Å²) in [5.41, 5.74) is 7.58. The molecule has 4 saturated carbocycles. The molecule has 1 unspecified atom stereocenters. The molecule has 0 saturated heterocycles. The summed E-state index contributed by atoms with van der Waals surface area (Å²) < 4.78 is 0. The highest BCUT2D eigenvalue weighted by molar-refractivity contribution is 5.40. The average molecular weight is 163 g/mol. The van der Waals surface area contributed by atoms with E-state index in [1.165, 1.54) is 38.5 Å². The zero-order chi connectivity index (χ0) is 7.97. The van der Waals surface area contributed by atoms with Crippen LogP contribution in [-0.4, -0.2) is 5.54 Å². The lowest BCUT2D eigenvalue weighted by Crippen LogP contribution is -2.60. The first-order chi connectivity index (χ1) is 5.81. The van der Waals surface area contributed by atoms with E-state index in [4.69, 9.17) is 5.73 Å². The van der Waals surface area contributed by atoms with Gasteiger partial charge in [-0.15, -0.1) is 0 Å². The average Bonchev–Trinajstić information content (AvgIpc) is 2.58. The molecule has 4 fully saturated rings. The molecule has 0 heterocycles. The van der Waals surface area contributed by atoms with Gasteiger partial charge in [-0.2, -0.15) is 0 Å². The molecule has 4 aliphatic rings. The third-order valence-electron chi connectivity index (χ3n) is 5.78. The fraction of sp³-hybridized carbons (Fsp3) is 1.00. The summed E-state index contributed by atoms with van der Waals surface area (Å²) in [7, 11) is 0. The highest BCUT2D eigenvalue weighted by atomic mass is 15.1. The summed E-state index contributed by atoms with van der Waals surface area (Å²) in [6.07, 6.45) is 8.87. The van der Waals surface area contributed by atoms with Crippen LogP contribution in [0.25, 0.3) is 0 Å². The van der Waals surface area contributed by atoms with Crippen molar-refractivity contribution in [1.29, 1.82) is 0 Å². The molecule has 12 heavy (non-hydrogen) atoms. The number of rotatable bonds is 0. The van der Waals surface area contributed by atoms with Crippen LogP contribution in [0.3, 0.4) is 0 Å². The van der Waals surface area contributed by atoms with Gasteiger partial charge >= 0.3 is 0 Å². The maximum atomic E-state index is 6.52. The molecule has 4 rings (SSSR count). The molecule has 0 aliphatic heterocycles. The second-order valence-electron chi connectivity index (χ2n) is 5.61. The number of nitrogens with two attached hydrogens (primary N) is 1. The van der Waals surface area contributed by atoms with Crippen LogP contribution >= 0.6 is 0 Å². The minimum atomic E-state index is 0.381. The van der Waals surface area contributed by atoms with Gasteiger partial charge in [0, 0.05) is 5.54 Å². The fourth-order valence-corrected chi connectivity index (χ4v) is 5.44. The summed E-state index contributed by atoms with van der Waals surface area (Å²) in [6.45, 7) is 0. The van der Waals surface area contributed by atoms with Crippen molar-refractivity contribution < 1.29 is 0 Å². The minimum Gasteiger partial charge on any atom is -0.324 e. The Labute approximate surface area is 73.7 Å². The van der Waals surface area contributed by atoms with Crippen molar-refractivity contribution in [2.75, 3.05) is 0 Å². The first-order valence-electron chi connectivity index (χ1n) is 5.59. The van der Waals surface area contributed by atoms with Crippen molar-refractivity contribution in [1.82, 2.24) is 0 Å². The number of fused-ring (bicyclic) bond motifs is 3.